The molecule has 3 aromatic rings. The van der Waals surface area contributed by atoms with Crippen molar-refractivity contribution < 1.29 is 4.79 Å². The molecular formula is C21H20ClN3OS. The van der Waals surface area contributed by atoms with E-state index in [4.69, 9.17) is 16.7 Å². The van der Waals surface area contributed by atoms with Gasteiger partial charge in [-0.2, -0.15) is 5.10 Å². The molecule has 2 aromatic carbocycles. The number of hydrogen-bond acceptors (Lipinski definition) is 3. The Morgan fingerprint density at radius 2 is 1.89 bits per heavy atom. The molecule has 2 heterocycles. The molecule has 6 heteroatoms. The number of anilines is 1. The highest BCUT2D eigenvalue weighted by Gasteiger charge is 2.31. The SMILES string of the molecule is Cc1ccc([C@@H]2SCC(=O)Nc3c2c(C)nn3-c2ccc(Cl)cc2)c(C)c1. The number of benzene rings is 2. The average Bonchev–Trinajstić information content (AvgIpc) is 2.83. The summed E-state index contributed by atoms with van der Waals surface area (Å²) in [6.45, 7) is 6.22. The monoisotopic (exact) mass is 397 g/mol. The van der Waals surface area contributed by atoms with Crippen molar-refractivity contribution in [2.24, 2.45) is 0 Å². The van der Waals surface area contributed by atoms with E-state index in [2.05, 4.69) is 37.4 Å². The van der Waals surface area contributed by atoms with E-state index in [9.17, 15) is 4.79 Å². The van der Waals surface area contributed by atoms with Crippen molar-refractivity contribution in [3.05, 3.63) is 75.4 Å². The normalized spacial score (nSPS) is 16.6. The van der Waals surface area contributed by atoms with Gasteiger partial charge in [0.25, 0.3) is 0 Å². The van der Waals surface area contributed by atoms with Gasteiger partial charge in [-0.15, -0.1) is 11.8 Å². The number of thioether (sulfide) groups is 1. The van der Waals surface area contributed by atoms with Gasteiger partial charge in [0.05, 0.1) is 22.4 Å². The second kappa shape index (κ2) is 7.06. The molecule has 1 N–H and O–H groups in total. The molecule has 1 aliphatic heterocycles. The first-order chi connectivity index (χ1) is 12.9. The summed E-state index contributed by atoms with van der Waals surface area (Å²) in [4.78, 5) is 12.4. The lowest BCUT2D eigenvalue weighted by molar-refractivity contribution is -0.113. The number of hydrogen-bond donors (Lipinski definition) is 1. The van der Waals surface area contributed by atoms with Crippen LogP contribution in [0.1, 0.15) is 33.2 Å². The maximum Gasteiger partial charge on any atom is 0.235 e. The number of halogens is 1. The van der Waals surface area contributed by atoms with E-state index < -0.39 is 0 Å². The fourth-order valence-electron chi connectivity index (χ4n) is 3.52. The van der Waals surface area contributed by atoms with E-state index in [-0.39, 0.29) is 11.2 Å². The highest BCUT2D eigenvalue weighted by molar-refractivity contribution is 8.00. The van der Waals surface area contributed by atoms with Crippen LogP contribution < -0.4 is 5.32 Å². The van der Waals surface area contributed by atoms with Gasteiger partial charge < -0.3 is 5.32 Å². The fraction of sp³-hybridized carbons (Fsp3) is 0.238. The summed E-state index contributed by atoms with van der Waals surface area (Å²) in [6.07, 6.45) is 0. The van der Waals surface area contributed by atoms with Crippen LogP contribution in [-0.4, -0.2) is 21.4 Å². The highest BCUT2D eigenvalue weighted by Crippen LogP contribution is 2.44. The van der Waals surface area contributed by atoms with Gasteiger partial charge in [-0.3, -0.25) is 4.79 Å². The molecule has 0 spiro atoms. The molecule has 0 aliphatic carbocycles. The van der Waals surface area contributed by atoms with E-state index in [1.165, 1.54) is 16.7 Å². The molecule has 4 rings (SSSR count). The molecule has 0 radical (unpaired) electrons. The first-order valence-corrected chi connectivity index (χ1v) is 10.2. The molecule has 1 amide bonds. The lowest BCUT2D eigenvalue weighted by Gasteiger charge is -2.18. The Labute approximate surface area is 167 Å². The topological polar surface area (TPSA) is 46.9 Å². The molecule has 1 aliphatic rings. The molecule has 1 aromatic heterocycles. The van der Waals surface area contributed by atoms with E-state index >= 15 is 0 Å². The number of nitrogens with zero attached hydrogens (tertiary/aromatic N) is 2. The number of carbonyl (C=O) groups excluding carboxylic acids is 1. The number of fused-ring (bicyclic) bond motifs is 1. The summed E-state index contributed by atoms with van der Waals surface area (Å²) in [7, 11) is 0. The van der Waals surface area contributed by atoms with Crippen molar-refractivity contribution >= 4 is 35.1 Å². The zero-order valence-corrected chi connectivity index (χ0v) is 17.0. The van der Waals surface area contributed by atoms with Crippen LogP contribution in [0.3, 0.4) is 0 Å². The van der Waals surface area contributed by atoms with Gasteiger partial charge in [0.1, 0.15) is 5.82 Å². The summed E-state index contributed by atoms with van der Waals surface area (Å²) in [5.74, 6) is 1.14. The second-order valence-electron chi connectivity index (χ2n) is 6.84. The Hall–Kier alpha value is -2.24. The minimum Gasteiger partial charge on any atom is -0.310 e. The van der Waals surface area contributed by atoms with Crippen LogP contribution in [0.15, 0.2) is 42.5 Å². The van der Waals surface area contributed by atoms with E-state index in [1.807, 2.05) is 31.2 Å². The molecule has 0 bridgehead atoms. The van der Waals surface area contributed by atoms with Crippen LogP contribution in [0, 0.1) is 20.8 Å². The Morgan fingerprint density at radius 3 is 2.59 bits per heavy atom. The van der Waals surface area contributed by atoms with Gasteiger partial charge in [0, 0.05) is 10.6 Å². The van der Waals surface area contributed by atoms with Crippen molar-refractivity contribution in [1.29, 1.82) is 0 Å². The molecule has 0 saturated carbocycles. The second-order valence-corrected chi connectivity index (χ2v) is 8.37. The van der Waals surface area contributed by atoms with Gasteiger partial charge >= 0.3 is 0 Å². The number of carbonyl (C=O) groups is 1. The van der Waals surface area contributed by atoms with Crippen molar-refractivity contribution in [1.82, 2.24) is 9.78 Å². The third-order valence-corrected chi connectivity index (χ3v) is 6.29. The van der Waals surface area contributed by atoms with Gasteiger partial charge in [-0.05, 0) is 56.2 Å². The van der Waals surface area contributed by atoms with E-state index in [1.54, 1.807) is 16.4 Å². The predicted molar refractivity (Wildman–Crippen MR) is 112 cm³/mol. The first-order valence-electron chi connectivity index (χ1n) is 8.78. The molecule has 27 heavy (non-hydrogen) atoms. The van der Waals surface area contributed by atoms with Crippen LogP contribution in [-0.2, 0) is 4.79 Å². The number of aromatic nitrogens is 2. The minimum atomic E-state index is -0.0105. The Kier molecular flexibility index (Phi) is 4.74. The Morgan fingerprint density at radius 1 is 1.15 bits per heavy atom. The van der Waals surface area contributed by atoms with Crippen molar-refractivity contribution in [3.8, 4) is 5.69 Å². The van der Waals surface area contributed by atoms with Crippen LogP contribution >= 0.6 is 23.4 Å². The number of aryl methyl sites for hydroxylation is 3. The summed E-state index contributed by atoms with van der Waals surface area (Å²) >= 11 is 7.67. The summed E-state index contributed by atoms with van der Waals surface area (Å²) in [6, 6.07) is 14.0. The predicted octanol–water partition coefficient (Wildman–Crippen LogP) is 5.23. The highest BCUT2D eigenvalue weighted by atomic mass is 35.5. The van der Waals surface area contributed by atoms with Crippen molar-refractivity contribution in [2.45, 2.75) is 26.0 Å². The van der Waals surface area contributed by atoms with Crippen LogP contribution in [0.4, 0.5) is 5.82 Å². The summed E-state index contributed by atoms with van der Waals surface area (Å²) in [5, 5.41) is 8.52. The number of nitrogens with one attached hydrogen (secondary N) is 1. The van der Waals surface area contributed by atoms with Gasteiger partial charge in [-0.25, -0.2) is 4.68 Å². The van der Waals surface area contributed by atoms with Crippen molar-refractivity contribution in [3.63, 3.8) is 0 Å². The Bertz CT molecular complexity index is 1030. The van der Waals surface area contributed by atoms with E-state index in [0.29, 0.717) is 10.8 Å². The molecule has 0 fully saturated rings. The summed E-state index contributed by atoms with van der Waals surface area (Å²) < 4.78 is 1.81. The zero-order valence-electron chi connectivity index (χ0n) is 15.4. The minimum absolute atomic E-state index is 0.0105. The Balaban J connectivity index is 1.90. The van der Waals surface area contributed by atoms with Gasteiger partial charge in [0.15, 0.2) is 0 Å². The maximum atomic E-state index is 12.4. The van der Waals surface area contributed by atoms with Crippen molar-refractivity contribution in [2.75, 3.05) is 11.1 Å². The molecule has 1 atom stereocenters. The van der Waals surface area contributed by atoms with Crippen LogP contribution in [0.5, 0.6) is 0 Å². The van der Waals surface area contributed by atoms with E-state index in [0.717, 1.165) is 22.8 Å². The fourth-order valence-corrected chi connectivity index (χ4v) is 4.93. The molecule has 138 valence electrons. The lowest BCUT2D eigenvalue weighted by atomic mass is 9.98. The smallest absolute Gasteiger partial charge is 0.235 e. The third-order valence-electron chi connectivity index (χ3n) is 4.79. The third kappa shape index (κ3) is 3.37. The van der Waals surface area contributed by atoms with Crippen LogP contribution in [0.2, 0.25) is 5.02 Å². The molecule has 0 saturated heterocycles. The largest absolute Gasteiger partial charge is 0.310 e. The standard InChI is InChI=1S/C21H20ClN3OS/c1-12-4-9-17(13(2)10-12)20-19-14(3)24-25(16-7-5-15(22)6-8-16)21(19)23-18(26)11-27-20/h4-10,20H,11H2,1-3H3,(H,23,26)/t20-/m0/s1. The zero-order chi connectivity index (χ0) is 19.1. The maximum absolute atomic E-state index is 12.4. The molecule has 0 unspecified atom stereocenters. The van der Waals surface area contributed by atoms with Crippen LogP contribution in [0.25, 0.3) is 5.69 Å². The average molecular weight is 398 g/mol. The van der Waals surface area contributed by atoms with Gasteiger partial charge in [-0.1, -0.05) is 35.4 Å². The number of rotatable bonds is 2. The molecule has 4 nitrogen and oxygen atoms in total. The summed E-state index contributed by atoms with van der Waals surface area (Å²) in [5.41, 5.74) is 6.54. The lowest BCUT2D eigenvalue weighted by Crippen LogP contribution is -2.15. The quantitative estimate of drug-likeness (QED) is 0.644. The van der Waals surface area contributed by atoms with Gasteiger partial charge in [0.2, 0.25) is 5.91 Å². The first kappa shape index (κ1) is 18.1. The molecular weight excluding hydrogens is 378 g/mol. The number of amides is 1.